The van der Waals surface area contributed by atoms with Gasteiger partial charge in [0.05, 0.1) is 41.7 Å². The van der Waals surface area contributed by atoms with Crippen LogP contribution < -0.4 is 10.3 Å². The summed E-state index contributed by atoms with van der Waals surface area (Å²) < 4.78 is 28.6. The van der Waals surface area contributed by atoms with Gasteiger partial charge < -0.3 is 19.1 Å². The molecule has 1 fully saturated rings. The summed E-state index contributed by atoms with van der Waals surface area (Å²) in [5.41, 5.74) is 1.73. The van der Waals surface area contributed by atoms with Crippen molar-refractivity contribution in [2.24, 2.45) is 0 Å². The molecule has 1 atom stereocenters. The zero-order chi connectivity index (χ0) is 28.5. The van der Waals surface area contributed by atoms with Crippen LogP contribution >= 0.6 is 11.3 Å². The Hall–Kier alpha value is -4.93. The maximum Gasteiger partial charge on any atom is 0.346 e. The van der Waals surface area contributed by atoms with Crippen molar-refractivity contribution in [2.45, 2.75) is 32.2 Å². The number of ether oxygens (including phenoxy) is 2. The first-order valence-electron chi connectivity index (χ1n) is 12.6. The highest BCUT2D eigenvalue weighted by molar-refractivity contribution is 7.20. The van der Waals surface area contributed by atoms with Crippen LogP contribution in [-0.2, 0) is 24.4 Å². The van der Waals surface area contributed by atoms with E-state index in [9.17, 15) is 19.1 Å². The second kappa shape index (κ2) is 10.9. The normalized spacial score (nSPS) is 14.5. The number of thiophene rings is 1. The van der Waals surface area contributed by atoms with Crippen LogP contribution in [0.2, 0.25) is 0 Å². The third kappa shape index (κ3) is 5.43. The third-order valence-corrected chi connectivity index (χ3v) is 7.66. The maximum absolute atomic E-state index is 14.2. The number of nitrogens with zero attached hydrogens (tertiary/aromatic N) is 6. The first kappa shape index (κ1) is 26.3. The number of rotatable bonds is 9. The lowest BCUT2D eigenvalue weighted by Crippen LogP contribution is -2.32. The zero-order valence-corrected chi connectivity index (χ0v) is 22.2. The van der Waals surface area contributed by atoms with Crippen molar-refractivity contribution in [3.05, 3.63) is 92.7 Å². The summed E-state index contributed by atoms with van der Waals surface area (Å²) in [7, 11) is 0. The predicted molar refractivity (Wildman–Crippen MR) is 145 cm³/mol. The van der Waals surface area contributed by atoms with Crippen molar-refractivity contribution in [3.8, 4) is 23.2 Å². The molecule has 5 aromatic rings. The van der Waals surface area contributed by atoms with E-state index in [1.165, 1.54) is 29.1 Å². The third-order valence-electron chi connectivity index (χ3n) is 6.65. The van der Waals surface area contributed by atoms with E-state index >= 15 is 0 Å². The Labute approximate surface area is 235 Å². The number of hydrogen-bond acceptors (Lipinski definition) is 9. The largest absolute Gasteiger partial charge is 0.477 e. The van der Waals surface area contributed by atoms with E-state index in [1.54, 1.807) is 24.3 Å². The monoisotopic (exact) mass is 572 g/mol. The number of aromatic nitrogens is 5. The van der Waals surface area contributed by atoms with E-state index in [-0.39, 0.29) is 46.7 Å². The molecule has 1 saturated heterocycles. The zero-order valence-electron chi connectivity index (χ0n) is 21.4. The molecular weight excluding hydrogens is 551 g/mol. The molecule has 0 spiro atoms. The molecule has 206 valence electrons. The van der Waals surface area contributed by atoms with Gasteiger partial charge >= 0.3 is 5.97 Å². The van der Waals surface area contributed by atoms with Crippen LogP contribution in [0.3, 0.4) is 0 Å². The average molecular weight is 573 g/mol. The molecule has 11 nitrogen and oxygen atoms in total. The Kier molecular flexibility index (Phi) is 7.00. The lowest BCUT2D eigenvalue weighted by atomic mass is 10.1. The van der Waals surface area contributed by atoms with Crippen molar-refractivity contribution in [3.63, 3.8) is 0 Å². The fourth-order valence-electron chi connectivity index (χ4n) is 4.39. The highest BCUT2D eigenvalue weighted by atomic mass is 32.1. The van der Waals surface area contributed by atoms with Gasteiger partial charge in [0, 0.05) is 29.9 Å². The van der Waals surface area contributed by atoms with Crippen molar-refractivity contribution >= 4 is 27.7 Å². The van der Waals surface area contributed by atoms with Gasteiger partial charge in [0.1, 0.15) is 34.5 Å². The Morgan fingerprint density at radius 3 is 2.80 bits per heavy atom. The Morgan fingerprint density at radius 1 is 1.24 bits per heavy atom. The van der Waals surface area contributed by atoms with Crippen molar-refractivity contribution < 1.29 is 23.8 Å². The molecule has 6 rings (SSSR count). The molecule has 4 aromatic heterocycles. The highest BCUT2D eigenvalue weighted by Gasteiger charge is 2.24. The number of imidazole rings is 1. The number of nitriles is 1. The Bertz CT molecular complexity index is 1890. The van der Waals surface area contributed by atoms with Gasteiger partial charge in [0.15, 0.2) is 0 Å². The molecule has 0 aliphatic carbocycles. The maximum atomic E-state index is 14.2. The van der Waals surface area contributed by atoms with E-state index in [1.807, 2.05) is 10.6 Å². The second-order valence-electron chi connectivity index (χ2n) is 9.33. The summed E-state index contributed by atoms with van der Waals surface area (Å²) in [5, 5.41) is 22.6. The summed E-state index contributed by atoms with van der Waals surface area (Å²) in [4.78, 5) is 34.3. The number of fused-ring (bicyclic) bond motifs is 1. The van der Waals surface area contributed by atoms with Crippen molar-refractivity contribution in [1.82, 2.24) is 24.3 Å². The van der Waals surface area contributed by atoms with Crippen molar-refractivity contribution in [2.75, 3.05) is 6.61 Å². The second-order valence-corrected chi connectivity index (χ2v) is 10.4. The van der Waals surface area contributed by atoms with E-state index in [0.717, 1.165) is 23.8 Å². The fourth-order valence-corrected chi connectivity index (χ4v) is 5.28. The summed E-state index contributed by atoms with van der Waals surface area (Å²) in [6.07, 6.45) is 2.40. The van der Waals surface area contributed by atoms with Crippen molar-refractivity contribution in [1.29, 1.82) is 5.26 Å². The molecule has 41 heavy (non-hydrogen) atoms. The van der Waals surface area contributed by atoms with Gasteiger partial charge in [-0.3, -0.25) is 4.79 Å². The SMILES string of the molecule is N#Cc1ccc(COc2cccc(-c3cnn(Cc4nc5sc(C(=O)O)cc5n4CC4CCO4)c(=O)c3)n2)c(F)c1. The van der Waals surface area contributed by atoms with Crippen LogP contribution in [0.1, 0.15) is 33.0 Å². The van der Waals surface area contributed by atoms with Crippen LogP contribution in [0, 0.1) is 17.1 Å². The number of carboxylic acids is 1. The quantitative estimate of drug-likeness (QED) is 0.278. The van der Waals surface area contributed by atoms with Gasteiger partial charge in [-0.15, -0.1) is 11.3 Å². The molecule has 0 radical (unpaired) electrons. The van der Waals surface area contributed by atoms with Crippen LogP contribution in [0.4, 0.5) is 4.39 Å². The van der Waals surface area contributed by atoms with Gasteiger partial charge in [-0.05, 0) is 30.7 Å². The van der Waals surface area contributed by atoms with Crippen LogP contribution in [0.25, 0.3) is 21.6 Å². The topological polar surface area (TPSA) is 145 Å². The van der Waals surface area contributed by atoms with Gasteiger partial charge in [-0.25, -0.2) is 23.8 Å². The molecule has 1 unspecified atom stereocenters. The number of benzene rings is 1. The summed E-state index contributed by atoms with van der Waals surface area (Å²) >= 11 is 1.08. The van der Waals surface area contributed by atoms with Gasteiger partial charge in [-0.1, -0.05) is 12.1 Å². The van der Waals surface area contributed by atoms with Gasteiger partial charge in [-0.2, -0.15) is 10.4 Å². The lowest BCUT2D eigenvalue weighted by molar-refractivity contribution is -0.0590. The first-order valence-corrected chi connectivity index (χ1v) is 13.4. The summed E-state index contributed by atoms with van der Waals surface area (Å²) in [5.74, 6) is -0.754. The fraction of sp³-hybridized carbons (Fsp3) is 0.214. The number of carbonyl (C=O) groups is 1. The molecule has 1 aromatic carbocycles. The number of halogens is 1. The summed E-state index contributed by atoms with van der Waals surface area (Å²) in [6, 6.07) is 14.1. The molecule has 0 saturated carbocycles. The average Bonchev–Trinajstić information content (AvgIpc) is 3.49. The lowest BCUT2D eigenvalue weighted by Gasteiger charge is -2.27. The number of pyridine rings is 1. The predicted octanol–water partition coefficient (Wildman–Crippen LogP) is 3.84. The molecule has 1 N–H and O–H groups in total. The van der Waals surface area contributed by atoms with E-state index < -0.39 is 11.8 Å². The van der Waals surface area contributed by atoms with Gasteiger partial charge in [0.25, 0.3) is 5.56 Å². The Morgan fingerprint density at radius 2 is 2.10 bits per heavy atom. The van der Waals surface area contributed by atoms with Crippen LogP contribution in [-0.4, -0.2) is 48.1 Å². The minimum atomic E-state index is -1.01. The number of carboxylic acid groups (broad SMARTS) is 1. The number of aromatic carboxylic acids is 1. The molecule has 0 bridgehead atoms. The molecule has 0 amide bonds. The number of hydrogen-bond donors (Lipinski definition) is 1. The minimum Gasteiger partial charge on any atom is -0.477 e. The van der Waals surface area contributed by atoms with Crippen LogP contribution in [0.15, 0.2) is 59.5 Å². The molecule has 5 heterocycles. The summed E-state index contributed by atoms with van der Waals surface area (Å²) in [6.45, 7) is 1.18. The highest BCUT2D eigenvalue weighted by Crippen LogP contribution is 2.28. The Balaban J connectivity index is 1.21. The standard InChI is InChI=1S/C28H21FN6O5S/c29-20-8-16(11-30)4-5-17(20)15-40-25-3-1-2-21(32-25)18-9-26(36)35(31-12-18)14-24-33-27-22(10-23(41-27)28(37)38)34(24)13-19-6-7-39-19/h1-5,8-10,12,19H,6-7,13-15H2,(H,37,38). The van der Waals surface area contributed by atoms with Crippen LogP contribution in [0.5, 0.6) is 5.88 Å². The van der Waals surface area contributed by atoms with E-state index in [2.05, 4.69) is 15.1 Å². The van der Waals surface area contributed by atoms with Gasteiger partial charge in [0.2, 0.25) is 5.88 Å². The molecule has 13 heteroatoms. The molecular formula is C28H21FN6O5S. The molecule has 1 aliphatic heterocycles. The van der Waals surface area contributed by atoms with E-state index in [0.29, 0.717) is 40.6 Å². The first-order chi connectivity index (χ1) is 19.9. The van der Waals surface area contributed by atoms with E-state index in [4.69, 9.17) is 14.7 Å². The minimum absolute atomic E-state index is 0.000333. The molecule has 1 aliphatic rings. The smallest absolute Gasteiger partial charge is 0.346 e.